The Morgan fingerprint density at radius 2 is 2.17 bits per heavy atom. The quantitative estimate of drug-likeness (QED) is 0.722. The molecular formula is C13H17NO4. The Morgan fingerprint density at radius 1 is 1.44 bits per heavy atom. The largest absolute Gasteiger partial charge is 0.481 e. The van der Waals surface area contributed by atoms with Gasteiger partial charge in [0.15, 0.2) is 0 Å². The average molecular weight is 251 g/mol. The Bertz CT molecular complexity index is 435. The van der Waals surface area contributed by atoms with E-state index in [1.54, 1.807) is 0 Å². The molecule has 0 fully saturated rings. The van der Waals surface area contributed by atoms with Crippen molar-refractivity contribution in [3.05, 3.63) is 29.8 Å². The zero-order chi connectivity index (χ0) is 13.1. The number of aliphatic carboxylic acids is 1. The lowest BCUT2D eigenvalue weighted by Crippen LogP contribution is -2.39. The first-order valence-corrected chi connectivity index (χ1v) is 5.99. The van der Waals surface area contributed by atoms with Crippen molar-refractivity contribution in [1.82, 2.24) is 0 Å². The number of carboxylic acid groups (broad SMARTS) is 1. The van der Waals surface area contributed by atoms with Crippen LogP contribution in [-0.4, -0.2) is 47.1 Å². The summed E-state index contributed by atoms with van der Waals surface area (Å²) in [7, 11) is 0. The molecule has 0 bridgehead atoms. The number of rotatable bonds is 4. The van der Waals surface area contributed by atoms with E-state index >= 15 is 0 Å². The van der Waals surface area contributed by atoms with Gasteiger partial charge in [-0.3, -0.25) is 4.79 Å². The van der Waals surface area contributed by atoms with Crippen molar-refractivity contribution in [3.63, 3.8) is 0 Å². The van der Waals surface area contributed by atoms with Crippen LogP contribution in [0, 0.1) is 0 Å². The van der Waals surface area contributed by atoms with Gasteiger partial charge in [-0.2, -0.15) is 0 Å². The molecule has 1 heterocycles. The summed E-state index contributed by atoms with van der Waals surface area (Å²) in [6.45, 7) is 0.603. The standard InChI is InChI=1S/C13H17NO4/c15-8-9(16)7-14-6-5-11(13(17)18)10-3-1-2-4-12(10)14/h1-4,9,11,15-16H,5-8H2,(H,17,18). The number of aliphatic hydroxyl groups is 2. The molecule has 2 atom stereocenters. The summed E-state index contributed by atoms with van der Waals surface area (Å²) in [5.41, 5.74) is 1.62. The minimum atomic E-state index is -0.815. The lowest BCUT2D eigenvalue weighted by molar-refractivity contribution is -0.139. The second kappa shape index (κ2) is 5.37. The van der Waals surface area contributed by atoms with E-state index in [0.29, 0.717) is 19.5 Å². The fourth-order valence-electron chi connectivity index (χ4n) is 2.39. The van der Waals surface area contributed by atoms with E-state index in [1.807, 2.05) is 29.2 Å². The molecule has 1 aromatic rings. The fourth-order valence-corrected chi connectivity index (χ4v) is 2.39. The average Bonchev–Trinajstić information content (AvgIpc) is 2.38. The van der Waals surface area contributed by atoms with Crippen molar-refractivity contribution in [1.29, 1.82) is 0 Å². The highest BCUT2D eigenvalue weighted by atomic mass is 16.4. The number of carboxylic acids is 1. The summed E-state index contributed by atoms with van der Waals surface area (Å²) >= 11 is 0. The predicted octanol–water partition coefficient (Wildman–Crippen LogP) is 0.418. The molecule has 0 spiro atoms. The van der Waals surface area contributed by atoms with Crippen LogP contribution in [0.5, 0.6) is 0 Å². The normalized spacial score (nSPS) is 20.3. The van der Waals surface area contributed by atoms with E-state index in [1.165, 1.54) is 0 Å². The van der Waals surface area contributed by atoms with Crippen LogP contribution in [0.2, 0.25) is 0 Å². The summed E-state index contributed by atoms with van der Waals surface area (Å²) in [4.78, 5) is 13.1. The number of β-amino-alcohol motifs (C(OH)–C–C–N with tert-alkyl or cyclic N) is 1. The Morgan fingerprint density at radius 3 is 2.83 bits per heavy atom. The summed E-state index contributed by atoms with van der Waals surface area (Å²) < 4.78 is 0. The van der Waals surface area contributed by atoms with E-state index in [2.05, 4.69) is 0 Å². The zero-order valence-electron chi connectivity index (χ0n) is 9.99. The maximum absolute atomic E-state index is 11.2. The van der Waals surface area contributed by atoms with Gasteiger partial charge in [0.1, 0.15) is 0 Å². The van der Waals surface area contributed by atoms with Crippen LogP contribution in [0.25, 0.3) is 0 Å². The number of carbonyl (C=O) groups is 1. The van der Waals surface area contributed by atoms with Crippen molar-refractivity contribution in [3.8, 4) is 0 Å². The SMILES string of the molecule is O=C(O)C1CCN(CC(O)CO)c2ccccc21. The molecular weight excluding hydrogens is 234 g/mol. The molecule has 1 aromatic carbocycles. The van der Waals surface area contributed by atoms with Crippen LogP contribution in [0.15, 0.2) is 24.3 Å². The second-order valence-electron chi connectivity index (χ2n) is 4.52. The van der Waals surface area contributed by atoms with Gasteiger partial charge >= 0.3 is 5.97 Å². The minimum Gasteiger partial charge on any atom is -0.481 e. The molecule has 2 unspecified atom stereocenters. The predicted molar refractivity (Wildman–Crippen MR) is 66.7 cm³/mol. The van der Waals surface area contributed by atoms with Crippen molar-refractivity contribution in [2.24, 2.45) is 0 Å². The molecule has 0 amide bonds. The van der Waals surface area contributed by atoms with Gasteiger partial charge in [0.2, 0.25) is 0 Å². The molecule has 18 heavy (non-hydrogen) atoms. The van der Waals surface area contributed by atoms with Gasteiger partial charge in [-0.1, -0.05) is 18.2 Å². The second-order valence-corrected chi connectivity index (χ2v) is 4.52. The molecule has 5 heteroatoms. The van der Waals surface area contributed by atoms with Gasteiger partial charge in [0.05, 0.1) is 18.6 Å². The number of anilines is 1. The van der Waals surface area contributed by atoms with Gasteiger partial charge in [-0.25, -0.2) is 0 Å². The smallest absolute Gasteiger partial charge is 0.311 e. The van der Waals surface area contributed by atoms with Gasteiger partial charge in [0, 0.05) is 18.8 Å². The third kappa shape index (κ3) is 2.47. The number of para-hydroxylation sites is 1. The number of aliphatic hydroxyl groups excluding tert-OH is 2. The molecule has 0 saturated carbocycles. The van der Waals surface area contributed by atoms with Crippen LogP contribution in [0.4, 0.5) is 5.69 Å². The number of hydrogen-bond donors (Lipinski definition) is 3. The Balaban J connectivity index is 2.27. The Labute approximate surface area is 105 Å². The van der Waals surface area contributed by atoms with E-state index in [0.717, 1.165) is 11.3 Å². The van der Waals surface area contributed by atoms with Gasteiger partial charge in [0.25, 0.3) is 0 Å². The lowest BCUT2D eigenvalue weighted by Gasteiger charge is -2.35. The Hall–Kier alpha value is -1.59. The van der Waals surface area contributed by atoms with E-state index in [-0.39, 0.29) is 6.61 Å². The first kappa shape index (κ1) is 12.9. The highest BCUT2D eigenvalue weighted by Gasteiger charge is 2.30. The van der Waals surface area contributed by atoms with Crippen LogP contribution in [0.3, 0.4) is 0 Å². The van der Waals surface area contributed by atoms with Gasteiger partial charge in [-0.05, 0) is 18.1 Å². The topological polar surface area (TPSA) is 81.0 Å². The van der Waals surface area contributed by atoms with Crippen molar-refractivity contribution >= 4 is 11.7 Å². The van der Waals surface area contributed by atoms with Crippen molar-refractivity contribution < 1.29 is 20.1 Å². The molecule has 2 rings (SSSR count). The molecule has 0 aliphatic carbocycles. The minimum absolute atomic E-state index is 0.291. The first-order chi connectivity index (χ1) is 8.63. The van der Waals surface area contributed by atoms with E-state index in [9.17, 15) is 15.0 Å². The highest BCUT2D eigenvalue weighted by molar-refractivity contribution is 5.80. The molecule has 0 saturated heterocycles. The molecule has 1 aliphatic heterocycles. The number of hydrogen-bond acceptors (Lipinski definition) is 4. The molecule has 98 valence electrons. The van der Waals surface area contributed by atoms with Crippen LogP contribution >= 0.6 is 0 Å². The molecule has 0 aromatic heterocycles. The lowest BCUT2D eigenvalue weighted by atomic mass is 9.90. The van der Waals surface area contributed by atoms with Crippen LogP contribution in [0.1, 0.15) is 17.9 Å². The third-order valence-corrected chi connectivity index (χ3v) is 3.28. The third-order valence-electron chi connectivity index (χ3n) is 3.28. The molecule has 1 aliphatic rings. The zero-order valence-corrected chi connectivity index (χ0v) is 9.99. The van der Waals surface area contributed by atoms with Crippen LogP contribution in [-0.2, 0) is 4.79 Å². The summed E-state index contributed by atoms with van der Waals surface area (Å²) in [6, 6.07) is 7.34. The Kier molecular flexibility index (Phi) is 3.84. The van der Waals surface area contributed by atoms with E-state index in [4.69, 9.17) is 5.11 Å². The summed E-state index contributed by atoms with van der Waals surface area (Å²) in [6.07, 6.45) is -0.288. The number of nitrogens with zero attached hydrogens (tertiary/aromatic N) is 1. The van der Waals surface area contributed by atoms with Crippen LogP contribution < -0.4 is 4.90 Å². The van der Waals surface area contributed by atoms with Gasteiger partial charge in [-0.15, -0.1) is 0 Å². The fraction of sp³-hybridized carbons (Fsp3) is 0.462. The molecule has 3 N–H and O–H groups in total. The first-order valence-electron chi connectivity index (χ1n) is 5.99. The maximum atomic E-state index is 11.2. The number of benzene rings is 1. The maximum Gasteiger partial charge on any atom is 0.311 e. The highest BCUT2D eigenvalue weighted by Crippen LogP contribution is 2.35. The van der Waals surface area contributed by atoms with E-state index < -0.39 is 18.0 Å². The van der Waals surface area contributed by atoms with Gasteiger partial charge < -0.3 is 20.2 Å². The number of fused-ring (bicyclic) bond motifs is 1. The summed E-state index contributed by atoms with van der Waals surface area (Å²) in [5, 5.41) is 27.6. The molecule has 0 radical (unpaired) electrons. The van der Waals surface area contributed by atoms with Crippen molar-refractivity contribution in [2.75, 3.05) is 24.6 Å². The van der Waals surface area contributed by atoms with Crippen molar-refractivity contribution in [2.45, 2.75) is 18.4 Å². The monoisotopic (exact) mass is 251 g/mol. The summed E-state index contributed by atoms with van der Waals surface area (Å²) in [5.74, 6) is -1.30. The molecule has 5 nitrogen and oxygen atoms in total.